The summed E-state index contributed by atoms with van der Waals surface area (Å²) in [6.07, 6.45) is 5.27. The molecule has 1 heterocycles. The molecule has 0 bridgehead atoms. The molecule has 0 aliphatic heterocycles. The second-order valence-electron chi connectivity index (χ2n) is 4.99. The quantitative estimate of drug-likeness (QED) is 0.231. The van der Waals surface area contributed by atoms with Gasteiger partial charge in [0, 0.05) is 0 Å². The van der Waals surface area contributed by atoms with Crippen LogP contribution in [0.25, 0.3) is 10.6 Å². The molecule has 0 saturated carbocycles. The van der Waals surface area contributed by atoms with Crippen molar-refractivity contribution in [2.75, 3.05) is 12.5 Å². The van der Waals surface area contributed by atoms with Gasteiger partial charge in [-0.1, -0.05) is 89.2 Å². The average molecular weight is 517 g/mol. The summed E-state index contributed by atoms with van der Waals surface area (Å²) in [6.45, 7) is 0. The Morgan fingerprint density at radius 2 is 1.87 bits per heavy atom. The summed E-state index contributed by atoms with van der Waals surface area (Å²) in [6, 6.07) is 13.8. The Morgan fingerprint density at radius 3 is 2.47 bits per heavy atom. The normalized spacial score (nSPS) is 9.77. The van der Waals surface area contributed by atoms with Crippen molar-refractivity contribution in [3.05, 3.63) is 54.1 Å². The number of aromatic nitrogens is 2. The summed E-state index contributed by atoms with van der Waals surface area (Å²) in [5.74, 6) is 0.199. The topological polar surface area (TPSA) is 111 Å². The van der Waals surface area contributed by atoms with Crippen LogP contribution in [-0.4, -0.2) is 38.4 Å². The first kappa shape index (κ1) is 26.3. The predicted octanol–water partition coefficient (Wildman–Crippen LogP) is 3.84. The summed E-state index contributed by atoms with van der Waals surface area (Å²) < 4.78 is 9.67. The molecule has 0 amide bonds. The summed E-state index contributed by atoms with van der Waals surface area (Å²) in [5, 5.41) is 33.4. The fourth-order valence-electron chi connectivity index (χ4n) is 1.84. The zero-order chi connectivity index (χ0) is 22.4. The molecule has 0 aliphatic rings. The number of hydrogen-bond donors (Lipinski definition) is 2. The van der Waals surface area contributed by atoms with Crippen molar-refractivity contribution in [2.24, 2.45) is 5.10 Å². The van der Waals surface area contributed by atoms with E-state index < -0.39 is 0 Å². The van der Waals surface area contributed by atoms with E-state index in [1.165, 1.54) is 35.4 Å². The molecule has 2 N–H and O–H groups in total. The van der Waals surface area contributed by atoms with Gasteiger partial charge in [-0.3, -0.25) is 5.43 Å². The van der Waals surface area contributed by atoms with Crippen LogP contribution in [0.2, 0.25) is 0 Å². The fourth-order valence-corrected chi connectivity index (χ4v) is 3.34. The number of para-hydroxylation sites is 2. The third kappa shape index (κ3) is 8.94. The molecule has 0 atom stereocenters. The number of rotatable bonds is 4. The molecule has 30 heavy (non-hydrogen) atoms. The van der Waals surface area contributed by atoms with Gasteiger partial charge in [0.2, 0.25) is 0 Å². The minimum absolute atomic E-state index is 0.0480. The third-order valence-electron chi connectivity index (χ3n) is 3.18. The predicted molar refractivity (Wildman–Crippen MR) is 122 cm³/mol. The zero-order valence-corrected chi connectivity index (χ0v) is 20.5. The standard InChI is InChI=1S/C9H8N2OS2.C9H10N2OS2.O.V/c1-13-9-11-10-8(14-9)6-4-2-3-5-7(6)12;1-14-9(13)11-10-6-7-4-2-3-5-8(7)12;;/h2-5,12H,1H3;2-6,12H,1H3,(H,11,13);;/p-1/b;10-6-;;. The Balaban J connectivity index is 0.000000277. The van der Waals surface area contributed by atoms with Crippen molar-refractivity contribution in [3.63, 3.8) is 0 Å². The van der Waals surface area contributed by atoms with E-state index >= 15 is 0 Å². The first-order chi connectivity index (χ1) is 14.5. The summed E-state index contributed by atoms with van der Waals surface area (Å²) >= 11 is 10.4. The van der Waals surface area contributed by atoms with Gasteiger partial charge in [-0.25, -0.2) is 0 Å². The molecule has 3 aromatic rings. The van der Waals surface area contributed by atoms with E-state index in [0.29, 0.717) is 9.88 Å². The van der Waals surface area contributed by atoms with Crippen LogP contribution in [-0.2, 0) is 21.0 Å². The molecule has 12 heteroatoms. The number of thioether (sulfide) groups is 2. The van der Waals surface area contributed by atoms with Gasteiger partial charge >= 0.3 is 21.0 Å². The van der Waals surface area contributed by atoms with Crippen LogP contribution in [0.1, 0.15) is 5.56 Å². The minimum atomic E-state index is -0.0480. The van der Waals surface area contributed by atoms with E-state index in [1.807, 2.05) is 24.6 Å². The van der Waals surface area contributed by atoms with Crippen molar-refractivity contribution in [1.82, 2.24) is 15.6 Å². The van der Waals surface area contributed by atoms with Gasteiger partial charge in [-0.05, 0) is 30.2 Å². The van der Waals surface area contributed by atoms with Crippen LogP contribution >= 0.6 is 47.1 Å². The third-order valence-corrected chi connectivity index (χ3v) is 6.16. The van der Waals surface area contributed by atoms with Crippen LogP contribution < -0.4 is 10.5 Å². The number of nitrogens with zero attached hydrogens (tertiary/aromatic N) is 3. The van der Waals surface area contributed by atoms with E-state index in [1.54, 1.807) is 42.1 Å². The molecule has 0 saturated heterocycles. The maximum atomic E-state index is 11.2. The van der Waals surface area contributed by atoms with Crippen molar-refractivity contribution in [3.8, 4) is 22.1 Å². The molecule has 0 radical (unpaired) electrons. The molecule has 3 rings (SSSR count). The average Bonchev–Trinajstić information content (AvgIpc) is 3.26. The van der Waals surface area contributed by atoms with Crippen LogP contribution in [0, 0.1) is 0 Å². The molecule has 0 spiro atoms. The summed E-state index contributed by atoms with van der Waals surface area (Å²) in [4.78, 5) is 0. The van der Waals surface area contributed by atoms with Crippen LogP contribution in [0.3, 0.4) is 0 Å². The molecule has 2 aromatic carbocycles. The molecular weight excluding hydrogens is 499 g/mol. The second-order valence-corrected chi connectivity index (χ2v) is 8.51. The molecule has 1 aromatic heterocycles. The molecule has 0 unspecified atom stereocenters. The Labute approximate surface area is 201 Å². The SMILES string of the molecule is CSC(=S)N/N=C\c1ccccc1[O-].CSc1nnc(-c2ccccc2O)s1.[O]=[V]. The van der Waals surface area contributed by atoms with Gasteiger partial charge in [0.1, 0.15) is 5.75 Å². The van der Waals surface area contributed by atoms with E-state index in [-0.39, 0.29) is 11.5 Å². The van der Waals surface area contributed by atoms with Crippen LogP contribution in [0.4, 0.5) is 0 Å². The van der Waals surface area contributed by atoms with Crippen molar-refractivity contribution in [1.29, 1.82) is 0 Å². The Hall–Kier alpha value is -1.76. The van der Waals surface area contributed by atoms with Crippen molar-refractivity contribution < 1.29 is 31.3 Å². The monoisotopic (exact) mass is 516 g/mol. The molecule has 7 nitrogen and oxygen atoms in total. The summed E-state index contributed by atoms with van der Waals surface area (Å²) in [5.41, 5.74) is 3.92. The fraction of sp³-hybridized carbons (Fsp3) is 0.111. The number of nitrogens with one attached hydrogen (secondary N) is 1. The number of thiocarbonyl (C=S) groups is 1. The van der Waals surface area contributed by atoms with E-state index in [9.17, 15) is 10.2 Å². The van der Waals surface area contributed by atoms with Crippen LogP contribution in [0.15, 0.2) is 58.0 Å². The van der Waals surface area contributed by atoms with Gasteiger partial charge in [0.05, 0.1) is 11.8 Å². The second kappa shape index (κ2) is 15.1. The maximum absolute atomic E-state index is 11.2. The number of phenolic OH excluding ortho intramolecular Hbond substituents is 1. The number of benzene rings is 2. The number of hydrogen-bond acceptors (Lipinski definition) is 10. The Morgan fingerprint density at radius 1 is 1.20 bits per heavy atom. The molecule has 157 valence electrons. The van der Waals surface area contributed by atoms with Gasteiger partial charge in [-0.2, -0.15) is 5.10 Å². The van der Waals surface area contributed by atoms with Gasteiger partial charge in [-0.15, -0.1) is 10.2 Å². The number of aromatic hydroxyl groups is 1. The molecule has 0 fully saturated rings. The van der Waals surface area contributed by atoms with Gasteiger partial charge in [0.15, 0.2) is 13.7 Å². The summed E-state index contributed by atoms with van der Waals surface area (Å²) in [7, 11) is 0. The van der Waals surface area contributed by atoms with Crippen molar-refractivity contribution in [2.45, 2.75) is 4.34 Å². The zero-order valence-electron chi connectivity index (χ0n) is 15.9. The van der Waals surface area contributed by atoms with Crippen molar-refractivity contribution >= 4 is 57.6 Å². The van der Waals surface area contributed by atoms with Gasteiger partial charge < -0.3 is 10.2 Å². The molecule has 0 aliphatic carbocycles. The first-order valence-electron chi connectivity index (χ1n) is 8.02. The number of hydrazone groups is 1. The van der Waals surface area contributed by atoms with Crippen LogP contribution in [0.5, 0.6) is 11.5 Å². The Kier molecular flexibility index (Phi) is 13.2. The Bertz CT molecular complexity index is 972. The van der Waals surface area contributed by atoms with E-state index in [0.717, 1.165) is 32.3 Å². The number of phenols is 1. The van der Waals surface area contributed by atoms with E-state index in [2.05, 4.69) is 20.7 Å². The molecular formula is C18H17N4O3S4V-. The van der Waals surface area contributed by atoms with Gasteiger partial charge in [0.25, 0.3) is 0 Å². The van der Waals surface area contributed by atoms with E-state index in [4.69, 9.17) is 15.9 Å². The first-order valence-corrected chi connectivity index (χ1v) is 12.3.